The van der Waals surface area contributed by atoms with E-state index in [4.69, 9.17) is 23.2 Å². The van der Waals surface area contributed by atoms with Gasteiger partial charge in [0.15, 0.2) is 0 Å². The Morgan fingerprint density at radius 1 is 1.17 bits per heavy atom. The highest BCUT2D eigenvalue weighted by atomic mass is 35.5. The van der Waals surface area contributed by atoms with Crippen LogP contribution in [0.2, 0.25) is 0 Å². The molecular formula is C3H7Cl2F. The van der Waals surface area contributed by atoms with Gasteiger partial charge in [-0.1, -0.05) is 0 Å². The van der Waals surface area contributed by atoms with Crippen LogP contribution in [0, 0.1) is 0 Å². The summed E-state index contributed by atoms with van der Waals surface area (Å²) in [5.74, 6) is 0. The fourth-order valence-electron chi connectivity index (χ4n) is 0. The van der Waals surface area contributed by atoms with Crippen molar-refractivity contribution in [2.45, 2.75) is 18.2 Å². The first-order valence-corrected chi connectivity index (χ1v) is 2.13. The molecule has 0 aliphatic rings. The van der Waals surface area contributed by atoms with Gasteiger partial charge in [-0.3, -0.25) is 4.70 Å². The average molecular weight is 133 g/mol. The van der Waals surface area contributed by atoms with Crippen LogP contribution in [0.15, 0.2) is 0 Å². The van der Waals surface area contributed by atoms with Gasteiger partial charge in [-0.05, 0) is 13.8 Å². The number of hydrogen-bond donors (Lipinski definition) is 0. The summed E-state index contributed by atoms with van der Waals surface area (Å²) in [5, 5.41) is 0. The summed E-state index contributed by atoms with van der Waals surface area (Å²) in [5.41, 5.74) is 0. The predicted octanol–water partition coefficient (Wildman–Crippen LogP) is 2.35. The molecule has 0 spiro atoms. The summed E-state index contributed by atoms with van der Waals surface area (Å²) in [7, 11) is 0. The van der Waals surface area contributed by atoms with Crippen LogP contribution in [0.5, 0.6) is 0 Å². The van der Waals surface area contributed by atoms with E-state index in [-0.39, 0.29) is 4.70 Å². The molecule has 0 fully saturated rings. The van der Waals surface area contributed by atoms with Crippen LogP contribution in [0.25, 0.3) is 0 Å². The molecule has 0 aromatic rings. The second kappa shape index (κ2) is 2.64. The number of halogens is 3. The van der Waals surface area contributed by atoms with Crippen LogP contribution < -0.4 is 0 Å². The third-order valence-electron chi connectivity index (χ3n) is 0. The fourth-order valence-corrected chi connectivity index (χ4v) is 0. The van der Waals surface area contributed by atoms with E-state index >= 15 is 0 Å². The summed E-state index contributed by atoms with van der Waals surface area (Å²) in [4.78, 5) is 0. The van der Waals surface area contributed by atoms with E-state index < -0.39 is 4.33 Å². The van der Waals surface area contributed by atoms with Gasteiger partial charge in [-0.25, -0.2) is 0 Å². The van der Waals surface area contributed by atoms with Gasteiger partial charge >= 0.3 is 0 Å². The first kappa shape index (κ1) is 9.72. The average Bonchev–Trinajstić information content (AvgIpc) is 0.722. The molecule has 6 heavy (non-hydrogen) atoms. The van der Waals surface area contributed by atoms with Crippen molar-refractivity contribution in [3.63, 3.8) is 0 Å². The Hall–Kier alpha value is 0.510. The number of rotatable bonds is 0. The van der Waals surface area contributed by atoms with Gasteiger partial charge in [0.05, 0.1) is 0 Å². The first-order valence-electron chi connectivity index (χ1n) is 1.38. The van der Waals surface area contributed by atoms with Crippen LogP contribution >= 0.6 is 23.2 Å². The minimum absolute atomic E-state index is 0. The number of alkyl halides is 2. The van der Waals surface area contributed by atoms with Gasteiger partial charge < -0.3 is 0 Å². The van der Waals surface area contributed by atoms with Gasteiger partial charge in [0.2, 0.25) is 0 Å². The van der Waals surface area contributed by atoms with Crippen LogP contribution in [-0.4, -0.2) is 4.33 Å². The predicted molar refractivity (Wildman–Crippen MR) is 28.3 cm³/mol. The van der Waals surface area contributed by atoms with Crippen molar-refractivity contribution in [1.29, 1.82) is 0 Å². The Bertz CT molecular complexity index is 24.3. The van der Waals surface area contributed by atoms with Gasteiger partial charge in [0, 0.05) is 0 Å². The molecule has 40 valence electrons. The largest absolute Gasteiger partial charge is 0.269 e. The van der Waals surface area contributed by atoms with Crippen LogP contribution in [-0.2, 0) is 0 Å². The van der Waals surface area contributed by atoms with Gasteiger partial charge in [0.1, 0.15) is 4.33 Å². The molecular weight excluding hydrogens is 126 g/mol. The summed E-state index contributed by atoms with van der Waals surface area (Å²) in [6.07, 6.45) is 0. The third kappa shape index (κ3) is 214. The molecule has 0 aromatic heterocycles. The Labute approximate surface area is 46.8 Å². The maximum atomic E-state index is 5.30. The summed E-state index contributed by atoms with van der Waals surface area (Å²) in [6, 6.07) is 0. The molecule has 0 amide bonds. The normalized spacial score (nSPS) is 10.0. The van der Waals surface area contributed by atoms with E-state index in [0.29, 0.717) is 0 Å². The van der Waals surface area contributed by atoms with E-state index in [1.54, 1.807) is 13.8 Å². The van der Waals surface area contributed by atoms with E-state index in [9.17, 15) is 0 Å². The second-order valence-electron chi connectivity index (χ2n) is 1.33. The third-order valence-corrected chi connectivity index (χ3v) is 0. The van der Waals surface area contributed by atoms with Crippen molar-refractivity contribution < 1.29 is 4.70 Å². The van der Waals surface area contributed by atoms with E-state index in [1.807, 2.05) is 0 Å². The van der Waals surface area contributed by atoms with Gasteiger partial charge in [-0.2, -0.15) is 0 Å². The highest BCUT2D eigenvalue weighted by Crippen LogP contribution is 2.16. The molecule has 0 aromatic carbocycles. The highest BCUT2D eigenvalue weighted by Gasteiger charge is 2.03. The fraction of sp³-hybridized carbons (Fsp3) is 1.00. The van der Waals surface area contributed by atoms with Crippen molar-refractivity contribution in [2.24, 2.45) is 0 Å². The summed E-state index contributed by atoms with van der Waals surface area (Å²) in [6.45, 7) is 3.44. The summed E-state index contributed by atoms with van der Waals surface area (Å²) < 4.78 is -0.556. The molecule has 0 bridgehead atoms. The lowest BCUT2D eigenvalue weighted by molar-refractivity contribution is 0.995. The molecule has 0 aliphatic carbocycles. The Kier molecular flexibility index (Phi) is 4.28. The van der Waals surface area contributed by atoms with Crippen LogP contribution in [0.3, 0.4) is 0 Å². The molecule has 0 saturated heterocycles. The van der Waals surface area contributed by atoms with Crippen LogP contribution in [0.4, 0.5) is 4.70 Å². The quantitative estimate of drug-likeness (QED) is 0.445. The Morgan fingerprint density at radius 3 is 1.17 bits per heavy atom. The van der Waals surface area contributed by atoms with Crippen molar-refractivity contribution in [1.82, 2.24) is 0 Å². The molecule has 0 N–H and O–H groups in total. The van der Waals surface area contributed by atoms with Crippen molar-refractivity contribution in [3.8, 4) is 0 Å². The zero-order valence-corrected chi connectivity index (χ0v) is 5.18. The maximum absolute atomic E-state index is 5.30. The molecule has 3 heteroatoms. The zero-order valence-electron chi connectivity index (χ0n) is 3.66. The van der Waals surface area contributed by atoms with E-state index in [1.165, 1.54) is 0 Å². The van der Waals surface area contributed by atoms with Crippen molar-refractivity contribution >= 4 is 23.2 Å². The van der Waals surface area contributed by atoms with Crippen molar-refractivity contribution in [3.05, 3.63) is 0 Å². The molecule has 0 nitrogen and oxygen atoms in total. The monoisotopic (exact) mass is 132 g/mol. The minimum Gasteiger partial charge on any atom is -0.269 e. The lowest BCUT2D eigenvalue weighted by atomic mass is 10.6. The van der Waals surface area contributed by atoms with Crippen molar-refractivity contribution in [2.75, 3.05) is 0 Å². The molecule has 0 atom stereocenters. The maximum Gasteiger partial charge on any atom is 0.112 e. The first-order chi connectivity index (χ1) is 2.00. The lowest BCUT2D eigenvalue weighted by Gasteiger charge is -1.98. The highest BCUT2D eigenvalue weighted by molar-refractivity contribution is 6.47. The molecule has 0 saturated carbocycles. The topological polar surface area (TPSA) is 0 Å². The van der Waals surface area contributed by atoms with E-state index in [2.05, 4.69) is 0 Å². The number of hydrogen-bond acceptors (Lipinski definition) is 0. The van der Waals surface area contributed by atoms with Crippen LogP contribution in [0.1, 0.15) is 13.8 Å². The molecule has 0 radical (unpaired) electrons. The molecule has 0 heterocycles. The standard InChI is InChI=1S/C3H6Cl2.FH/c1-3(2,4)5;/h1-2H3;1H. The molecule has 0 unspecified atom stereocenters. The Balaban J connectivity index is 0. The Morgan fingerprint density at radius 2 is 1.17 bits per heavy atom. The van der Waals surface area contributed by atoms with Gasteiger partial charge in [0.25, 0.3) is 0 Å². The lowest BCUT2D eigenvalue weighted by Crippen LogP contribution is -1.93. The van der Waals surface area contributed by atoms with Gasteiger partial charge in [-0.15, -0.1) is 23.2 Å². The summed E-state index contributed by atoms with van der Waals surface area (Å²) >= 11 is 10.6. The molecule has 0 rings (SSSR count). The minimum atomic E-state index is -0.556. The molecule has 0 aliphatic heterocycles. The SMILES string of the molecule is CC(C)(Cl)Cl.F. The smallest absolute Gasteiger partial charge is 0.112 e. The zero-order chi connectivity index (χ0) is 4.50. The second-order valence-corrected chi connectivity index (χ2v) is 3.41. The van der Waals surface area contributed by atoms with E-state index in [0.717, 1.165) is 0 Å².